The molecule has 0 aliphatic rings. The largest absolute Gasteiger partial charge is 0.384 e. The SMILES string of the molecule is CC(C)NS(=O)(=O)c1c(F)cc(F)cc1C#CCO. The summed E-state index contributed by atoms with van der Waals surface area (Å²) in [4.78, 5) is -0.719. The zero-order chi connectivity index (χ0) is 14.6. The van der Waals surface area contributed by atoms with Crippen LogP contribution in [0.4, 0.5) is 8.78 Å². The zero-order valence-corrected chi connectivity index (χ0v) is 11.2. The molecule has 0 radical (unpaired) electrons. The van der Waals surface area contributed by atoms with Crippen LogP contribution in [0.5, 0.6) is 0 Å². The van der Waals surface area contributed by atoms with Gasteiger partial charge in [0.25, 0.3) is 0 Å². The number of sulfonamides is 1. The van der Waals surface area contributed by atoms with Crippen molar-refractivity contribution < 1.29 is 22.3 Å². The van der Waals surface area contributed by atoms with Crippen molar-refractivity contribution in [3.05, 3.63) is 29.3 Å². The second-order valence-electron chi connectivity index (χ2n) is 4.00. The Balaban J connectivity index is 3.49. The fourth-order valence-electron chi connectivity index (χ4n) is 1.43. The van der Waals surface area contributed by atoms with Crippen molar-refractivity contribution in [2.75, 3.05) is 6.61 Å². The fraction of sp³-hybridized carbons (Fsp3) is 0.333. The van der Waals surface area contributed by atoms with Crippen molar-refractivity contribution in [2.45, 2.75) is 24.8 Å². The third kappa shape index (κ3) is 3.99. The second-order valence-corrected chi connectivity index (χ2v) is 5.65. The van der Waals surface area contributed by atoms with Crippen LogP contribution in [0.2, 0.25) is 0 Å². The van der Waals surface area contributed by atoms with Crippen molar-refractivity contribution in [1.29, 1.82) is 0 Å². The number of halogens is 2. The molecule has 0 aliphatic carbocycles. The van der Waals surface area contributed by atoms with E-state index in [0.717, 1.165) is 6.07 Å². The van der Waals surface area contributed by atoms with Crippen LogP contribution in [0.3, 0.4) is 0 Å². The zero-order valence-electron chi connectivity index (χ0n) is 10.4. The molecule has 0 amide bonds. The van der Waals surface area contributed by atoms with Gasteiger partial charge in [0.05, 0.1) is 5.56 Å². The van der Waals surface area contributed by atoms with Gasteiger partial charge in [0.1, 0.15) is 23.1 Å². The number of aliphatic hydroxyl groups excluding tert-OH is 1. The van der Waals surface area contributed by atoms with Crippen LogP contribution in [-0.4, -0.2) is 26.2 Å². The summed E-state index contributed by atoms with van der Waals surface area (Å²) < 4.78 is 52.9. The van der Waals surface area contributed by atoms with E-state index < -0.39 is 39.2 Å². The smallest absolute Gasteiger partial charge is 0.244 e. The summed E-state index contributed by atoms with van der Waals surface area (Å²) in [5.74, 6) is 2.22. The lowest BCUT2D eigenvalue weighted by Crippen LogP contribution is -2.31. The molecule has 0 bridgehead atoms. The van der Waals surface area contributed by atoms with E-state index >= 15 is 0 Å². The van der Waals surface area contributed by atoms with Crippen molar-refractivity contribution in [3.8, 4) is 11.8 Å². The minimum absolute atomic E-state index is 0.334. The molecule has 1 aromatic carbocycles. The maximum atomic E-state index is 13.7. The van der Waals surface area contributed by atoms with Crippen molar-refractivity contribution in [3.63, 3.8) is 0 Å². The van der Waals surface area contributed by atoms with Gasteiger partial charge in [0.15, 0.2) is 0 Å². The maximum absolute atomic E-state index is 13.7. The molecule has 0 aromatic heterocycles. The molecule has 1 rings (SSSR count). The van der Waals surface area contributed by atoms with Gasteiger partial charge in [-0.25, -0.2) is 21.9 Å². The van der Waals surface area contributed by atoms with Crippen LogP contribution in [0.1, 0.15) is 19.4 Å². The fourth-order valence-corrected chi connectivity index (χ4v) is 2.88. The molecule has 1 aromatic rings. The average molecular weight is 289 g/mol. The first-order valence-corrected chi connectivity index (χ1v) is 6.87. The summed E-state index contributed by atoms with van der Waals surface area (Å²) in [6.07, 6.45) is 0. The monoisotopic (exact) mass is 289 g/mol. The molecule has 0 saturated heterocycles. The summed E-state index contributed by atoms with van der Waals surface area (Å²) in [7, 11) is -4.14. The van der Waals surface area contributed by atoms with Crippen molar-refractivity contribution in [1.82, 2.24) is 4.72 Å². The molecule has 2 N–H and O–H groups in total. The lowest BCUT2D eigenvalue weighted by atomic mass is 10.2. The summed E-state index contributed by atoms with van der Waals surface area (Å²) in [6, 6.07) is 0.827. The summed E-state index contributed by atoms with van der Waals surface area (Å²) >= 11 is 0. The maximum Gasteiger partial charge on any atom is 0.244 e. The standard InChI is InChI=1S/C12H13F2NO3S/c1-8(2)15-19(17,18)12-9(4-3-5-16)6-10(13)7-11(12)14/h6-8,15-16H,5H2,1-2H3. The predicted molar refractivity (Wildman–Crippen MR) is 65.8 cm³/mol. The average Bonchev–Trinajstić information content (AvgIpc) is 2.22. The summed E-state index contributed by atoms with van der Waals surface area (Å²) in [5.41, 5.74) is -0.334. The number of rotatable bonds is 3. The Morgan fingerprint density at radius 1 is 1.37 bits per heavy atom. The van der Waals surface area contributed by atoms with Crippen LogP contribution in [0.25, 0.3) is 0 Å². The Morgan fingerprint density at radius 2 is 2.00 bits per heavy atom. The van der Waals surface area contributed by atoms with Crippen molar-refractivity contribution >= 4 is 10.0 Å². The molecule has 0 saturated carbocycles. The molecular formula is C12H13F2NO3S. The van der Waals surface area contributed by atoms with Crippen LogP contribution in [0, 0.1) is 23.5 Å². The summed E-state index contributed by atoms with van der Waals surface area (Å²) in [5, 5.41) is 8.58. The lowest BCUT2D eigenvalue weighted by Gasteiger charge is -2.12. The highest BCUT2D eigenvalue weighted by molar-refractivity contribution is 7.89. The van der Waals surface area contributed by atoms with Gasteiger partial charge in [-0.2, -0.15) is 0 Å². The minimum atomic E-state index is -4.14. The number of hydrogen-bond acceptors (Lipinski definition) is 3. The molecule has 19 heavy (non-hydrogen) atoms. The molecule has 104 valence electrons. The van der Waals surface area contributed by atoms with E-state index in [-0.39, 0.29) is 5.56 Å². The first-order chi connectivity index (χ1) is 8.77. The van der Waals surface area contributed by atoms with Crippen LogP contribution in [0.15, 0.2) is 17.0 Å². The van der Waals surface area contributed by atoms with Crippen molar-refractivity contribution in [2.24, 2.45) is 0 Å². The minimum Gasteiger partial charge on any atom is -0.384 e. The molecule has 0 unspecified atom stereocenters. The van der Waals surface area contributed by atoms with E-state index in [4.69, 9.17) is 5.11 Å². The van der Waals surface area contributed by atoms with Gasteiger partial charge in [0.2, 0.25) is 10.0 Å². The number of benzene rings is 1. The molecule has 0 atom stereocenters. The Labute approximate surface area is 110 Å². The van der Waals surface area contributed by atoms with E-state index in [1.807, 2.05) is 0 Å². The van der Waals surface area contributed by atoms with E-state index in [0.29, 0.717) is 6.07 Å². The molecule has 0 heterocycles. The molecule has 0 fully saturated rings. The van der Waals surface area contributed by atoms with Gasteiger partial charge in [-0.15, -0.1) is 0 Å². The van der Waals surface area contributed by atoms with Crippen LogP contribution >= 0.6 is 0 Å². The highest BCUT2D eigenvalue weighted by Gasteiger charge is 2.24. The normalized spacial score (nSPS) is 11.3. The molecule has 7 heteroatoms. The number of aliphatic hydroxyl groups is 1. The van der Waals surface area contributed by atoms with E-state index in [2.05, 4.69) is 16.6 Å². The third-order valence-corrected chi connectivity index (χ3v) is 3.70. The summed E-state index contributed by atoms with van der Waals surface area (Å²) in [6.45, 7) is 2.59. The lowest BCUT2D eigenvalue weighted by molar-refractivity contribution is 0.350. The van der Waals surface area contributed by atoms with E-state index in [1.165, 1.54) is 0 Å². The van der Waals surface area contributed by atoms with Gasteiger partial charge in [-0.1, -0.05) is 11.8 Å². The van der Waals surface area contributed by atoms with Gasteiger partial charge >= 0.3 is 0 Å². The third-order valence-electron chi connectivity index (χ3n) is 1.97. The van der Waals surface area contributed by atoms with Crippen LogP contribution in [-0.2, 0) is 10.0 Å². The van der Waals surface area contributed by atoms with Gasteiger partial charge in [0, 0.05) is 12.1 Å². The topological polar surface area (TPSA) is 66.4 Å². The number of nitrogens with one attached hydrogen (secondary N) is 1. The second kappa shape index (κ2) is 6.10. The first-order valence-electron chi connectivity index (χ1n) is 5.39. The highest BCUT2D eigenvalue weighted by atomic mass is 32.2. The molecular weight excluding hydrogens is 276 g/mol. The molecule has 4 nitrogen and oxygen atoms in total. The highest BCUT2D eigenvalue weighted by Crippen LogP contribution is 2.21. The molecule has 0 aliphatic heterocycles. The number of hydrogen-bond donors (Lipinski definition) is 2. The quantitative estimate of drug-likeness (QED) is 0.816. The van der Waals surface area contributed by atoms with E-state index in [1.54, 1.807) is 13.8 Å². The first kappa shape index (κ1) is 15.6. The van der Waals surface area contributed by atoms with Gasteiger partial charge in [-0.3, -0.25) is 0 Å². The van der Waals surface area contributed by atoms with E-state index in [9.17, 15) is 17.2 Å². The predicted octanol–water partition coefficient (Wildman–Crippen LogP) is 0.995. The Hall–Kier alpha value is -1.49. The Morgan fingerprint density at radius 3 is 2.53 bits per heavy atom. The van der Waals surface area contributed by atoms with Gasteiger partial charge in [-0.05, 0) is 19.9 Å². The Bertz CT molecular complexity index is 630. The van der Waals surface area contributed by atoms with Crippen LogP contribution < -0.4 is 4.72 Å². The van der Waals surface area contributed by atoms with Gasteiger partial charge < -0.3 is 5.11 Å². The molecule has 0 spiro atoms. The Kier molecular flexibility index (Phi) is 5.00.